The summed E-state index contributed by atoms with van der Waals surface area (Å²) in [6.07, 6.45) is -2.82. The van der Waals surface area contributed by atoms with Crippen LogP contribution in [0.3, 0.4) is 0 Å². The van der Waals surface area contributed by atoms with Gasteiger partial charge in [0.15, 0.2) is 0 Å². The van der Waals surface area contributed by atoms with Crippen molar-refractivity contribution in [3.8, 4) is 0 Å². The number of allylic oxidation sites excluding steroid dienone is 2. The summed E-state index contributed by atoms with van der Waals surface area (Å²) in [4.78, 5) is 54.9. The number of dihydropyridines is 1. The van der Waals surface area contributed by atoms with Gasteiger partial charge >= 0.3 is 6.18 Å². The van der Waals surface area contributed by atoms with E-state index in [0.717, 1.165) is 4.90 Å². The smallest absolute Gasteiger partial charge is 0.418 e. The Bertz CT molecular complexity index is 1800. The highest BCUT2D eigenvalue weighted by molar-refractivity contribution is 6.31. The number of alkyl halides is 4. The number of imide groups is 1. The normalized spacial score (nSPS) is 16.8. The maximum absolute atomic E-state index is 15.1. The molecule has 2 aliphatic heterocycles. The number of aromatic nitrogens is 2. The average molecular weight is 649 g/mol. The zero-order valence-corrected chi connectivity index (χ0v) is 23.3. The molecule has 0 bridgehead atoms. The zero-order chi connectivity index (χ0) is 32.8. The topological polar surface area (TPSA) is 147 Å². The summed E-state index contributed by atoms with van der Waals surface area (Å²) in [7, 11) is 0. The van der Waals surface area contributed by atoms with Crippen LogP contribution in [0.15, 0.2) is 71.5 Å². The first-order valence-electron chi connectivity index (χ1n) is 13.0. The van der Waals surface area contributed by atoms with Crippen molar-refractivity contribution in [1.29, 1.82) is 0 Å². The van der Waals surface area contributed by atoms with Crippen LogP contribution in [0.25, 0.3) is 0 Å². The Kier molecular flexibility index (Phi) is 8.23. The van der Waals surface area contributed by atoms with Gasteiger partial charge in [-0.05, 0) is 24.3 Å². The van der Waals surface area contributed by atoms with Gasteiger partial charge in [-0.15, -0.1) is 0 Å². The molecule has 0 saturated carbocycles. The van der Waals surface area contributed by atoms with Crippen LogP contribution >= 0.6 is 11.6 Å². The number of nitrogens with zero attached hydrogens (tertiary/aromatic N) is 3. The van der Waals surface area contributed by atoms with E-state index in [1.165, 1.54) is 29.2 Å². The minimum atomic E-state index is -5.39. The fourth-order valence-electron chi connectivity index (χ4n) is 5.42. The monoisotopic (exact) mass is 648 g/mol. The van der Waals surface area contributed by atoms with Crippen LogP contribution in [0.4, 0.5) is 22.0 Å². The number of hydrogen-bond donors (Lipinski definition) is 1. The van der Waals surface area contributed by atoms with Crippen molar-refractivity contribution in [1.82, 2.24) is 19.8 Å². The number of amides is 2. The maximum atomic E-state index is 15.1. The van der Waals surface area contributed by atoms with Crippen molar-refractivity contribution in [2.24, 2.45) is 0 Å². The van der Waals surface area contributed by atoms with E-state index >= 15 is 4.39 Å². The molecule has 10 nitrogen and oxygen atoms in total. The van der Waals surface area contributed by atoms with E-state index in [4.69, 9.17) is 11.6 Å². The van der Waals surface area contributed by atoms with E-state index in [-0.39, 0.29) is 24.1 Å². The quantitative estimate of drug-likeness (QED) is 0.273. The molecule has 1 aromatic heterocycles. The lowest BCUT2D eigenvalue weighted by molar-refractivity contribution is -0.300. The van der Waals surface area contributed by atoms with Gasteiger partial charge in [0.1, 0.15) is 12.5 Å². The molecular formula is C29H18ClF5N4O6-2. The van der Waals surface area contributed by atoms with Crippen molar-refractivity contribution in [3.63, 3.8) is 0 Å². The highest BCUT2D eigenvalue weighted by Gasteiger charge is 2.44. The Morgan fingerprint density at radius 1 is 0.978 bits per heavy atom. The number of benzene rings is 2. The predicted molar refractivity (Wildman–Crippen MR) is 140 cm³/mol. The van der Waals surface area contributed by atoms with Crippen LogP contribution < -0.4 is 15.5 Å². The summed E-state index contributed by atoms with van der Waals surface area (Å²) >= 11 is 5.73. The molecule has 0 radical (unpaired) electrons. The standard InChI is InChI=1S/C29H20ClF5N4O6/c30-16-5-6-17(32)20(24(16)29(33,34)35)23-21(27(42)43)18(9-31)37-19(22(23)28(44)45)11-38-10-13(36-12-38)7-8-39-25(40)14-3-1-2-4-15(14)26(39)41/h1-6,10,12,23,37H,7-9,11H2,(H,42,43)(H,44,45)/p-2. The number of nitrogens with one attached hydrogen (secondary N) is 1. The van der Waals surface area contributed by atoms with Crippen molar-refractivity contribution >= 4 is 35.4 Å². The summed E-state index contributed by atoms with van der Waals surface area (Å²) in [5.41, 5.74) is -6.39. The molecule has 45 heavy (non-hydrogen) atoms. The molecule has 0 spiro atoms. The third kappa shape index (κ3) is 5.66. The van der Waals surface area contributed by atoms with Crippen LogP contribution in [0.1, 0.15) is 43.5 Å². The SMILES string of the molecule is O=C([O-])C1=C(CF)NC(Cn2cnc(CCN3C(=O)c4ccccc4C3=O)c2)=C(C(=O)[O-])C1c1c(F)ccc(Cl)c1C(F)(F)F. The van der Waals surface area contributed by atoms with E-state index < -0.39 is 93.6 Å². The first-order valence-corrected chi connectivity index (χ1v) is 13.3. The number of aliphatic carboxylic acids is 2. The van der Waals surface area contributed by atoms with Gasteiger partial charge in [-0.1, -0.05) is 23.7 Å². The summed E-state index contributed by atoms with van der Waals surface area (Å²) in [6, 6.07) is 7.28. The number of carbonyl (C=O) groups is 4. The molecule has 1 atom stereocenters. The fraction of sp³-hybridized carbons (Fsp3) is 0.207. The molecule has 2 aromatic carbocycles. The highest BCUT2D eigenvalue weighted by Crippen LogP contribution is 2.47. The lowest BCUT2D eigenvalue weighted by Gasteiger charge is -2.36. The molecule has 3 heterocycles. The molecule has 0 fully saturated rings. The van der Waals surface area contributed by atoms with Crippen LogP contribution in [-0.2, 0) is 28.7 Å². The molecule has 3 aromatic rings. The van der Waals surface area contributed by atoms with Gasteiger partial charge in [0.05, 0.1) is 57.9 Å². The molecule has 0 aliphatic carbocycles. The number of imidazole rings is 1. The third-order valence-electron chi connectivity index (χ3n) is 7.31. The molecule has 1 N–H and O–H groups in total. The second-order valence-corrected chi connectivity index (χ2v) is 10.4. The molecule has 5 rings (SSSR count). The molecular weight excluding hydrogens is 631 g/mol. The number of hydrogen-bond acceptors (Lipinski definition) is 8. The average Bonchev–Trinajstić information content (AvgIpc) is 3.52. The largest absolute Gasteiger partial charge is 0.545 e. The number of halogens is 6. The second-order valence-electron chi connectivity index (χ2n) is 9.96. The van der Waals surface area contributed by atoms with Crippen LogP contribution in [0.5, 0.6) is 0 Å². The zero-order valence-electron chi connectivity index (χ0n) is 22.6. The first-order chi connectivity index (χ1) is 21.2. The Balaban J connectivity index is 1.51. The maximum Gasteiger partial charge on any atom is 0.418 e. The Morgan fingerprint density at radius 2 is 1.58 bits per heavy atom. The summed E-state index contributed by atoms with van der Waals surface area (Å²) < 4.78 is 72.7. The van der Waals surface area contributed by atoms with E-state index in [2.05, 4.69) is 10.3 Å². The summed E-state index contributed by atoms with van der Waals surface area (Å²) in [6.45, 7) is -2.27. The Labute approximate surface area is 255 Å². The van der Waals surface area contributed by atoms with Gasteiger partial charge in [-0.2, -0.15) is 13.2 Å². The van der Waals surface area contributed by atoms with Crippen molar-refractivity contribution < 1.29 is 51.3 Å². The van der Waals surface area contributed by atoms with Gasteiger partial charge in [0.2, 0.25) is 0 Å². The van der Waals surface area contributed by atoms with Gasteiger partial charge in [-0.3, -0.25) is 14.5 Å². The van der Waals surface area contributed by atoms with Gasteiger partial charge in [0.25, 0.3) is 11.8 Å². The highest BCUT2D eigenvalue weighted by atomic mass is 35.5. The third-order valence-corrected chi connectivity index (χ3v) is 7.63. The molecule has 2 aliphatic rings. The number of fused-ring (bicyclic) bond motifs is 1. The number of carbonyl (C=O) groups excluding carboxylic acids is 4. The molecule has 2 amide bonds. The number of carboxylic acid groups (broad SMARTS) is 2. The molecule has 16 heteroatoms. The van der Waals surface area contributed by atoms with E-state index in [0.29, 0.717) is 17.8 Å². The van der Waals surface area contributed by atoms with E-state index in [1.807, 2.05) is 0 Å². The van der Waals surface area contributed by atoms with E-state index in [9.17, 15) is 47.0 Å². The molecule has 234 valence electrons. The van der Waals surface area contributed by atoms with Crippen LogP contribution in [-0.4, -0.2) is 51.4 Å². The Hall–Kier alpha value is -5.05. The van der Waals surface area contributed by atoms with Crippen LogP contribution in [0.2, 0.25) is 5.02 Å². The molecule has 0 saturated heterocycles. The van der Waals surface area contributed by atoms with Crippen molar-refractivity contribution in [2.75, 3.05) is 13.2 Å². The lowest BCUT2D eigenvalue weighted by atomic mass is 9.78. The summed E-state index contributed by atoms with van der Waals surface area (Å²) in [5.74, 6) is -9.66. The molecule has 1 unspecified atom stereocenters. The fourth-order valence-corrected chi connectivity index (χ4v) is 5.69. The van der Waals surface area contributed by atoms with Gasteiger partial charge < -0.3 is 29.7 Å². The first kappa shape index (κ1) is 31.4. The number of rotatable bonds is 9. The van der Waals surface area contributed by atoms with Crippen molar-refractivity contribution in [2.45, 2.75) is 25.1 Å². The Morgan fingerprint density at radius 3 is 2.13 bits per heavy atom. The van der Waals surface area contributed by atoms with Gasteiger partial charge in [-0.25, -0.2) is 13.8 Å². The van der Waals surface area contributed by atoms with E-state index in [1.54, 1.807) is 12.1 Å². The predicted octanol–water partition coefficient (Wildman–Crippen LogP) is 1.90. The minimum absolute atomic E-state index is 0.0496. The van der Waals surface area contributed by atoms with Crippen molar-refractivity contribution in [3.05, 3.63) is 110 Å². The number of carboxylic acids is 2. The summed E-state index contributed by atoms with van der Waals surface area (Å²) in [5, 5.41) is 25.7. The van der Waals surface area contributed by atoms with Crippen LogP contribution in [0, 0.1) is 5.82 Å². The lowest BCUT2D eigenvalue weighted by Crippen LogP contribution is -2.43. The second kappa shape index (κ2) is 11.8. The van der Waals surface area contributed by atoms with Gasteiger partial charge in [0, 0.05) is 47.5 Å². The minimum Gasteiger partial charge on any atom is -0.545 e.